The van der Waals surface area contributed by atoms with Crippen LogP contribution in [0.15, 0.2) is 6.20 Å². The molecule has 0 radical (unpaired) electrons. The van der Waals surface area contributed by atoms with Crippen molar-refractivity contribution in [1.82, 2.24) is 14.7 Å². The standard InChI is InChI=1S/C14H24N4O/c1-3-12-11(9-17(2)16-12)14-13(8-15)19-7-6-18(14)10-4-5-10/h9-10,13-14H,3-8,15H2,1-2H3. The van der Waals surface area contributed by atoms with Crippen molar-refractivity contribution in [3.8, 4) is 0 Å². The van der Waals surface area contributed by atoms with Gasteiger partial charge in [-0.3, -0.25) is 9.58 Å². The largest absolute Gasteiger partial charge is 0.374 e. The lowest BCUT2D eigenvalue weighted by molar-refractivity contribution is -0.0715. The summed E-state index contributed by atoms with van der Waals surface area (Å²) in [6, 6.07) is 1.02. The molecule has 106 valence electrons. The fourth-order valence-electron chi connectivity index (χ4n) is 3.22. The maximum Gasteiger partial charge on any atom is 0.0895 e. The summed E-state index contributed by atoms with van der Waals surface area (Å²) < 4.78 is 7.83. The van der Waals surface area contributed by atoms with E-state index in [2.05, 4.69) is 23.1 Å². The summed E-state index contributed by atoms with van der Waals surface area (Å²) in [5.74, 6) is 0. The lowest BCUT2D eigenvalue weighted by Crippen LogP contribution is -2.49. The predicted octanol–water partition coefficient (Wildman–Crippen LogP) is 0.846. The SMILES string of the molecule is CCc1nn(C)cc1C1C(CN)OCCN1C1CC1. The van der Waals surface area contributed by atoms with E-state index in [1.54, 1.807) is 0 Å². The first-order chi connectivity index (χ1) is 9.24. The van der Waals surface area contributed by atoms with Gasteiger partial charge in [-0.05, 0) is 19.3 Å². The summed E-state index contributed by atoms with van der Waals surface area (Å²) in [7, 11) is 1.99. The molecule has 0 spiro atoms. The second-order valence-corrected chi connectivity index (χ2v) is 5.62. The summed E-state index contributed by atoms with van der Waals surface area (Å²) in [5.41, 5.74) is 8.43. The molecule has 1 saturated heterocycles. The molecule has 5 heteroatoms. The lowest BCUT2D eigenvalue weighted by atomic mass is 9.97. The average molecular weight is 264 g/mol. The van der Waals surface area contributed by atoms with Crippen molar-refractivity contribution < 1.29 is 4.74 Å². The fraction of sp³-hybridized carbons (Fsp3) is 0.786. The minimum absolute atomic E-state index is 0.101. The Balaban J connectivity index is 1.95. The molecule has 2 aliphatic rings. The molecule has 5 nitrogen and oxygen atoms in total. The number of rotatable bonds is 4. The second-order valence-electron chi connectivity index (χ2n) is 5.62. The maximum absolute atomic E-state index is 5.93. The van der Waals surface area contributed by atoms with Crippen LogP contribution in [0.5, 0.6) is 0 Å². The Morgan fingerprint density at radius 3 is 2.89 bits per heavy atom. The minimum atomic E-state index is 0.101. The Hall–Kier alpha value is -0.910. The maximum atomic E-state index is 5.93. The molecule has 2 heterocycles. The van der Waals surface area contributed by atoms with Gasteiger partial charge in [-0.1, -0.05) is 6.92 Å². The molecule has 1 aliphatic heterocycles. The van der Waals surface area contributed by atoms with Gasteiger partial charge in [-0.15, -0.1) is 0 Å². The monoisotopic (exact) mass is 264 g/mol. The number of nitrogens with two attached hydrogens (primary N) is 1. The number of hydrogen-bond acceptors (Lipinski definition) is 4. The lowest BCUT2D eigenvalue weighted by Gasteiger charge is -2.41. The van der Waals surface area contributed by atoms with Gasteiger partial charge >= 0.3 is 0 Å². The van der Waals surface area contributed by atoms with Crippen LogP contribution in [0.1, 0.15) is 37.1 Å². The van der Waals surface area contributed by atoms with E-state index in [0.29, 0.717) is 6.54 Å². The van der Waals surface area contributed by atoms with E-state index in [-0.39, 0.29) is 12.1 Å². The van der Waals surface area contributed by atoms with Gasteiger partial charge in [0.25, 0.3) is 0 Å². The zero-order valence-electron chi connectivity index (χ0n) is 11.9. The van der Waals surface area contributed by atoms with Gasteiger partial charge in [0.2, 0.25) is 0 Å². The van der Waals surface area contributed by atoms with Crippen LogP contribution in [0.25, 0.3) is 0 Å². The average Bonchev–Trinajstić information content (AvgIpc) is 3.20. The van der Waals surface area contributed by atoms with Gasteiger partial charge in [-0.2, -0.15) is 5.10 Å². The highest BCUT2D eigenvalue weighted by atomic mass is 16.5. The molecular formula is C14H24N4O. The molecule has 0 aromatic carbocycles. The van der Waals surface area contributed by atoms with Crippen molar-refractivity contribution in [3.63, 3.8) is 0 Å². The Kier molecular flexibility index (Phi) is 3.60. The van der Waals surface area contributed by atoms with Crippen LogP contribution in [0.3, 0.4) is 0 Å². The van der Waals surface area contributed by atoms with Crippen molar-refractivity contribution in [2.45, 2.75) is 44.4 Å². The molecule has 1 aromatic rings. The summed E-state index contributed by atoms with van der Waals surface area (Å²) in [5, 5.41) is 4.58. The van der Waals surface area contributed by atoms with Crippen molar-refractivity contribution in [1.29, 1.82) is 0 Å². The molecule has 2 atom stereocenters. The van der Waals surface area contributed by atoms with Crippen molar-refractivity contribution in [2.24, 2.45) is 12.8 Å². The summed E-state index contributed by atoms with van der Waals surface area (Å²) >= 11 is 0. The van der Waals surface area contributed by atoms with Crippen LogP contribution in [-0.4, -0.2) is 46.5 Å². The van der Waals surface area contributed by atoms with Gasteiger partial charge < -0.3 is 10.5 Å². The third-order valence-corrected chi connectivity index (χ3v) is 4.23. The van der Waals surface area contributed by atoms with Gasteiger partial charge in [0.1, 0.15) is 0 Å². The van der Waals surface area contributed by atoms with E-state index in [1.165, 1.54) is 24.1 Å². The molecule has 0 bridgehead atoms. The molecular weight excluding hydrogens is 240 g/mol. The van der Waals surface area contributed by atoms with E-state index in [9.17, 15) is 0 Å². The van der Waals surface area contributed by atoms with Crippen LogP contribution in [-0.2, 0) is 18.2 Å². The normalized spacial score (nSPS) is 28.8. The first-order valence-corrected chi connectivity index (χ1v) is 7.34. The van der Waals surface area contributed by atoms with Crippen molar-refractivity contribution in [3.05, 3.63) is 17.5 Å². The highest BCUT2D eigenvalue weighted by Crippen LogP contribution is 2.39. The molecule has 1 saturated carbocycles. The number of aryl methyl sites for hydroxylation is 2. The number of hydrogen-bond donors (Lipinski definition) is 1. The number of aromatic nitrogens is 2. The molecule has 19 heavy (non-hydrogen) atoms. The number of morpholine rings is 1. The van der Waals surface area contributed by atoms with Crippen molar-refractivity contribution in [2.75, 3.05) is 19.7 Å². The van der Waals surface area contributed by atoms with Crippen LogP contribution in [0.4, 0.5) is 0 Å². The van der Waals surface area contributed by atoms with Crippen LogP contribution in [0.2, 0.25) is 0 Å². The van der Waals surface area contributed by atoms with Gasteiger partial charge in [-0.25, -0.2) is 0 Å². The number of nitrogens with zero attached hydrogens (tertiary/aromatic N) is 3. The second kappa shape index (κ2) is 5.23. The molecule has 1 aliphatic carbocycles. The first-order valence-electron chi connectivity index (χ1n) is 7.34. The third kappa shape index (κ3) is 2.42. The van der Waals surface area contributed by atoms with E-state index < -0.39 is 0 Å². The van der Waals surface area contributed by atoms with E-state index >= 15 is 0 Å². The smallest absolute Gasteiger partial charge is 0.0895 e. The Bertz CT molecular complexity index is 441. The van der Waals surface area contributed by atoms with Crippen LogP contribution >= 0.6 is 0 Å². The Morgan fingerprint density at radius 1 is 1.47 bits per heavy atom. The minimum Gasteiger partial charge on any atom is -0.374 e. The van der Waals surface area contributed by atoms with E-state index in [0.717, 1.165) is 25.6 Å². The summed E-state index contributed by atoms with van der Waals surface area (Å²) in [6.07, 6.45) is 5.84. The molecule has 1 aromatic heterocycles. The molecule has 3 rings (SSSR count). The van der Waals surface area contributed by atoms with E-state index in [4.69, 9.17) is 10.5 Å². The quantitative estimate of drug-likeness (QED) is 0.876. The summed E-state index contributed by atoms with van der Waals surface area (Å²) in [6.45, 7) is 4.56. The summed E-state index contributed by atoms with van der Waals surface area (Å²) in [4.78, 5) is 2.59. The van der Waals surface area contributed by atoms with Gasteiger partial charge in [0.15, 0.2) is 0 Å². The van der Waals surface area contributed by atoms with Crippen LogP contribution < -0.4 is 5.73 Å². The van der Waals surface area contributed by atoms with Gasteiger partial charge in [0, 0.05) is 37.9 Å². The van der Waals surface area contributed by atoms with Crippen LogP contribution in [0, 0.1) is 0 Å². The predicted molar refractivity (Wildman–Crippen MR) is 73.8 cm³/mol. The van der Waals surface area contributed by atoms with Gasteiger partial charge in [0.05, 0.1) is 24.4 Å². The topological polar surface area (TPSA) is 56.3 Å². The van der Waals surface area contributed by atoms with Crippen molar-refractivity contribution >= 4 is 0 Å². The van der Waals surface area contributed by atoms with E-state index in [1.807, 2.05) is 11.7 Å². The Morgan fingerprint density at radius 2 is 2.26 bits per heavy atom. The zero-order chi connectivity index (χ0) is 13.4. The molecule has 2 fully saturated rings. The highest BCUT2D eigenvalue weighted by molar-refractivity contribution is 5.24. The first kappa shape index (κ1) is 13.1. The highest BCUT2D eigenvalue weighted by Gasteiger charge is 2.42. The fourth-order valence-corrected chi connectivity index (χ4v) is 3.22. The number of ether oxygens (including phenoxy) is 1. The molecule has 2 N–H and O–H groups in total. The Labute approximate surface area is 114 Å². The molecule has 2 unspecified atom stereocenters. The zero-order valence-corrected chi connectivity index (χ0v) is 11.9. The third-order valence-electron chi connectivity index (χ3n) is 4.23. The molecule has 0 amide bonds.